The maximum absolute atomic E-state index is 2.49. The van der Waals surface area contributed by atoms with E-state index in [9.17, 15) is 0 Å². The summed E-state index contributed by atoms with van der Waals surface area (Å²) in [6.45, 7) is 22.2. The van der Waals surface area contributed by atoms with E-state index >= 15 is 0 Å². The van der Waals surface area contributed by atoms with E-state index in [-0.39, 0.29) is 0 Å². The van der Waals surface area contributed by atoms with Gasteiger partial charge in [0, 0.05) is 17.1 Å². The van der Waals surface area contributed by atoms with Gasteiger partial charge in [0.05, 0.1) is 39.5 Å². The molecule has 1 heterocycles. The van der Waals surface area contributed by atoms with Crippen LogP contribution < -0.4 is 14.7 Å². The van der Waals surface area contributed by atoms with Crippen molar-refractivity contribution in [1.29, 1.82) is 0 Å². The summed E-state index contributed by atoms with van der Waals surface area (Å²) >= 11 is 0. The van der Waals surface area contributed by atoms with Gasteiger partial charge in [0.2, 0.25) is 0 Å². The number of aryl methyl sites for hydroxylation is 10. The minimum Gasteiger partial charge on any atom is -0.310 e. The molecule has 0 spiro atoms. The summed E-state index contributed by atoms with van der Waals surface area (Å²) in [5.74, 6) is 0. The van der Waals surface area contributed by atoms with Crippen LogP contribution in [0.5, 0.6) is 0 Å². The Morgan fingerprint density at radius 2 is 0.662 bits per heavy atom. The first-order chi connectivity index (χ1) is 32.9. The zero-order chi connectivity index (χ0) is 47.4. The monoisotopic (exact) mass is 883 g/mol. The Morgan fingerprint density at radius 1 is 0.309 bits per heavy atom. The first kappa shape index (κ1) is 44.2. The fourth-order valence-electron chi connectivity index (χ4n) is 11.3. The van der Waals surface area contributed by atoms with Crippen LogP contribution in [-0.2, 0) is 5.41 Å². The van der Waals surface area contributed by atoms with E-state index in [0.29, 0.717) is 0 Å². The molecule has 0 amide bonds. The first-order valence-electron chi connectivity index (χ1n) is 24.0. The molecule has 0 aromatic heterocycles. The second kappa shape index (κ2) is 17.6. The lowest BCUT2D eigenvalue weighted by atomic mass is 9.62. The lowest BCUT2D eigenvalue weighted by molar-refractivity contribution is 0.730. The van der Waals surface area contributed by atoms with Crippen molar-refractivity contribution in [1.82, 2.24) is 0 Å². The predicted octanol–water partition coefficient (Wildman–Crippen LogP) is 17.9. The Hall–Kier alpha value is -7.62. The molecule has 0 N–H and O–H groups in total. The number of anilines is 9. The summed E-state index contributed by atoms with van der Waals surface area (Å²) in [7, 11) is 0. The summed E-state index contributed by atoms with van der Waals surface area (Å²) in [5, 5.41) is 0. The molecule has 3 heteroatoms. The van der Waals surface area contributed by atoms with Crippen molar-refractivity contribution < 1.29 is 0 Å². The SMILES string of the molecule is Cc1ccc(N2c3ccccc3C(c3ccc(N(c4c(C)cccc4C)c4c(C)cccc4C)cc3)(c3ccc(N(c4c(C)cccc4C)c4c(C)cccc4C)cc3)c3cc(C)ccc32)cc1. The Balaban J connectivity index is 1.25. The Morgan fingerprint density at radius 3 is 1.06 bits per heavy atom. The molecule has 0 aliphatic carbocycles. The van der Waals surface area contributed by atoms with Crippen molar-refractivity contribution in [2.75, 3.05) is 14.7 Å². The van der Waals surface area contributed by atoms with Gasteiger partial charge in [-0.1, -0.05) is 151 Å². The summed E-state index contributed by atoms with van der Waals surface area (Å²) in [5.41, 5.74) is 27.2. The molecule has 336 valence electrons. The molecule has 0 unspecified atom stereocenters. The molecule has 0 atom stereocenters. The van der Waals surface area contributed by atoms with E-state index in [1.165, 1.54) is 112 Å². The summed E-state index contributed by atoms with van der Waals surface area (Å²) in [6.07, 6.45) is 0. The third-order valence-electron chi connectivity index (χ3n) is 14.4. The minimum atomic E-state index is -0.694. The standard InChI is InChI=1S/C65H61N3/c1-42-27-34-54(35-28-42)66-59-26-12-11-25-57(59)65(58-41-43(2)29-40-60(58)66,52-30-36-55(37-31-52)67(61-44(3)17-13-18-45(61)4)62-46(5)19-14-20-47(62)6)53-32-38-56(39-33-53)68(63-48(7)21-15-22-49(63)8)64-50(9)23-16-24-51(64)10/h11-41H,1-10H3. The van der Waals surface area contributed by atoms with Crippen molar-refractivity contribution in [2.24, 2.45) is 0 Å². The lowest BCUT2D eigenvalue weighted by Crippen LogP contribution is -2.38. The maximum atomic E-state index is 2.49. The quantitative estimate of drug-likeness (QED) is 0.143. The fourth-order valence-corrected chi connectivity index (χ4v) is 11.3. The molecule has 1 aliphatic heterocycles. The maximum Gasteiger partial charge on any atom is 0.0742 e. The van der Waals surface area contributed by atoms with Gasteiger partial charge in [-0.05, 0) is 185 Å². The van der Waals surface area contributed by atoms with Crippen LogP contribution in [-0.4, -0.2) is 0 Å². The van der Waals surface area contributed by atoms with Crippen LogP contribution in [0.25, 0.3) is 0 Å². The van der Waals surface area contributed by atoms with E-state index in [4.69, 9.17) is 0 Å². The highest BCUT2D eigenvalue weighted by molar-refractivity contribution is 5.91. The summed E-state index contributed by atoms with van der Waals surface area (Å²) < 4.78 is 0. The second-order valence-corrected chi connectivity index (χ2v) is 19.2. The number of para-hydroxylation sites is 5. The molecular formula is C65H61N3. The van der Waals surface area contributed by atoms with Gasteiger partial charge < -0.3 is 14.7 Å². The van der Waals surface area contributed by atoms with Gasteiger partial charge in [-0.15, -0.1) is 0 Å². The van der Waals surface area contributed by atoms with E-state index in [0.717, 1.165) is 17.1 Å². The van der Waals surface area contributed by atoms with E-state index < -0.39 is 5.41 Å². The lowest BCUT2D eigenvalue weighted by Gasteiger charge is -2.47. The van der Waals surface area contributed by atoms with E-state index in [1.807, 2.05) is 0 Å². The smallest absolute Gasteiger partial charge is 0.0742 e. The van der Waals surface area contributed by atoms with Gasteiger partial charge in [-0.25, -0.2) is 0 Å². The number of fused-ring (bicyclic) bond motifs is 2. The molecule has 0 radical (unpaired) electrons. The molecule has 9 aromatic carbocycles. The highest BCUT2D eigenvalue weighted by Gasteiger charge is 2.47. The van der Waals surface area contributed by atoms with Crippen LogP contribution in [0, 0.1) is 69.2 Å². The normalized spacial score (nSPS) is 12.6. The first-order valence-corrected chi connectivity index (χ1v) is 24.0. The van der Waals surface area contributed by atoms with E-state index in [1.54, 1.807) is 0 Å². The molecule has 0 saturated heterocycles. The van der Waals surface area contributed by atoms with Crippen molar-refractivity contribution in [2.45, 2.75) is 74.7 Å². The van der Waals surface area contributed by atoms with Crippen LogP contribution >= 0.6 is 0 Å². The van der Waals surface area contributed by atoms with Gasteiger partial charge in [-0.3, -0.25) is 0 Å². The average Bonchev–Trinajstić information content (AvgIpc) is 3.32. The Labute approximate surface area is 404 Å². The molecular weight excluding hydrogens is 823 g/mol. The van der Waals surface area contributed by atoms with Crippen LogP contribution in [0.1, 0.15) is 77.9 Å². The minimum absolute atomic E-state index is 0.694. The van der Waals surface area contributed by atoms with Gasteiger partial charge in [-0.2, -0.15) is 0 Å². The number of rotatable bonds is 9. The molecule has 0 fully saturated rings. The van der Waals surface area contributed by atoms with Crippen molar-refractivity contribution in [3.63, 3.8) is 0 Å². The molecule has 10 rings (SSSR count). The number of benzene rings is 9. The van der Waals surface area contributed by atoms with Crippen LogP contribution in [0.2, 0.25) is 0 Å². The van der Waals surface area contributed by atoms with Crippen molar-refractivity contribution >= 4 is 51.2 Å². The fraction of sp³-hybridized carbons (Fsp3) is 0.169. The highest BCUT2D eigenvalue weighted by atomic mass is 15.2. The van der Waals surface area contributed by atoms with Gasteiger partial charge in [0.25, 0.3) is 0 Å². The molecule has 0 saturated carbocycles. The topological polar surface area (TPSA) is 9.72 Å². The summed E-state index contributed by atoms with van der Waals surface area (Å²) in [4.78, 5) is 7.45. The Bertz CT molecular complexity index is 3010. The Kier molecular flexibility index (Phi) is 11.4. The highest BCUT2D eigenvalue weighted by Crippen LogP contribution is 2.58. The third-order valence-corrected chi connectivity index (χ3v) is 14.4. The molecule has 3 nitrogen and oxygen atoms in total. The molecule has 68 heavy (non-hydrogen) atoms. The van der Waals surface area contributed by atoms with Crippen molar-refractivity contribution in [3.05, 3.63) is 266 Å². The predicted molar refractivity (Wildman–Crippen MR) is 290 cm³/mol. The number of hydrogen-bond donors (Lipinski definition) is 0. The van der Waals surface area contributed by atoms with Gasteiger partial charge in [0.15, 0.2) is 0 Å². The second-order valence-electron chi connectivity index (χ2n) is 19.2. The molecule has 0 bridgehead atoms. The average molecular weight is 884 g/mol. The van der Waals surface area contributed by atoms with Gasteiger partial charge in [0.1, 0.15) is 0 Å². The van der Waals surface area contributed by atoms with Crippen LogP contribution in [0.4, 0.5) is 51.2 Å². The van der Waals surface area contributed by atoms with Gasteiger partial charge >= 0.3 is 0 Å². The molecule has 1 aliphatic rings. The zero-order valence-electron chi connectivity index (χ0n) is 41.2. The number of hydrogen-bond acceptors (Lipinski definition) is 3. The van der Waals surface area contributed by atoms with E-state index in [2.05, 4.69) is 272 Å². The van der Waals surface area contributed by atoms with Crippen molar-refractivity contribution in [3.8, 4) is 0 Å². The number of nitrogens with zero attached hydrogens (tertiary/aromatic N) is 3. The molecule has 9 aromatic rings. The third kappa shape index (κ3) is 7.29. The van der Waals surface area contributed by atoms with Crippen LogP contribution in [0.15, 0.2) is 188 Å². The largest absolute Gasteiger partial charge is 0.310 e. The zero-order valence-corrected chi connectivity index (χ0v) is 41.2. The summed E-state index contributed by atoms with van der Waals surface area (Å²) in [6, 6.07) is 70.7. The van der Waals surface area contributed by atoms with Crippen LogP contribution in [0.3, 0.4) is 0 Å².